The number of nitrogens with zero attached hydrogens (tertiary/aromatic N) is 2. The minimum atomic E-state index is -3.86. The summed E-state index contributed by atoms with van der Waals surface area (Å²) in [6, 6.07) is 17.6. The number of carbonyl (C=O) groups excluding carboxylic acids is 2. The molecule has 1 heterocycles. The molecule has 204 valence electrons. The van der Waals surface area contributed by atoms with Crippen LogP contribution in [-0.4, -0.2) is 44.4 Å². The van der Waals surface area contributed by atoms with Gasteiger partial charge < -0.3 is 15.2 Å². The van der Waals surface area contributed by atoms with Gasteiger partial charge in [0.2, 0.25) is 11.8 Å². The van der Waals surface area contributed by atoms with Crippen LogP contribution in [0.2, 0.25) is 10.0 Å². The molecule has 1 fully saturated rings. The summed E-state index contributed by atoms with van der Waals surface area (Å²) < 4.78 is 29.9. The Morgan fingerprint density at radius 2 is 1.77 bits per heavy atom. The number of ether oxygens (including phenoxy) is 1. The molecule has 0 aromatic heterocycles. The van der Waals surface area contributed by atoms with Crippen molar-refractivity contribution < 1.29 is 28.2 Å². The first kappa shape index (κ1) is 28.9. The standard InChI is InChI=1S/C26H20Cl3F2N3O4S/c27-19-12-17(13-20(28)23(19)36)33-25-34(11-10-15-4-2-1-3-5-15)22(35)14-21(39-25)24(37)32-16-6-8-18(9-7-16)38-26(29,30)31/h1-9,12-13,21,36H,10-11,14H2,(H,32,37)/t21-/m1/s1. The van der Waals surface area contributed by atoms with Crippen molar-refractivity contribution in [2.24, 2.45) is 4.99 Å². The van der Waals surface area contributed by atoms with E-state index in [1.807, 2.05) is 30.3 Å². The third-order valence-corrected chi connectivity index (χ3v) is 7.32. The highest BCUT2D eigenvalue weighted by Gasteiger charge is 2.36. The summed E-state index contributed by atoms with van der Waals surface area (Å²) in [6.45, 7) is 0.315. The fourth-order valence-corrected chi connectivity index (χ4v) is 5.33. The Bertz CT molecular complexity index is 1370. The summed E-state index contributed by atoms with van der Waals surface area (Å²) in [4.78, 5) is 32.3. The number of amides is 2. The fraction of sp³-hybridized carbons (Fsp3) is 0.192. The maximum atomic E-state index is 13.2. The highest BCUT2D eigenvalue weighted by molar-refractivity contribution is 8.15. The normalized spacial score (nSPS) is 16.8. The number of aromatic hydroxyl groups is 1. The summed E-state index contributed by atoms with van der Waals surface area (Å²) in [5.74, 6) is -1.28. The molecule has 0 unspecified atom stereocenters. The highest BCUT2D eigenvalue weighted by Crippen LogP contribution is 2.37. The monoisotopic (exact) mass is 613 g/mol. The van der Waals surface area contributed by atoms with Gasteiger partial charge >= 0.3 is 5.57 Å². The minimum absolute atomic E-state index is 0.0153. The first-order valence-electron chi connectivity index (χ1n) is 11.4. The molecule has 3 aromatic rings. The third-order valence-electron chi connectivity index (χ3n) is 5.48. The highest BCUT2D eigenvalue weighted by atomic mass is 35.5. The number of hydrogen-bond acceptors (Lipinski definition) is 6. The van der Waals surface area contributed by atoms with Gasteiger partial charge in [0.25, 0.3) is 0 Å². The molecule has 1 aliphatic rings. The summed E-state index contributed by atoms with van der Waals surface area (Å²) in [6.07, 6.45) is 0.455. The number of carbonyl (C=O) groups is 2. The van der Waals surface area contributed by atoms with Crippen molar-refractivity contribution in [1.82, 2.24) is 4.90 Å². The van der Waals surface area contributed by atoms with Crippen LogP contribution >= 0.6 is 46.6 Å². The summed E-state index contributed by atoms with van der Waals surface area (Å²) >= 11 is 17.9. The second-order valence-electron chi connectivity index (χ2n) is 8.31. The molecule has 0 bridgehead atoms. The van der Waals surface area contributed by atoms with Gasteiger partial charge in [-0.2, -0.15) is 0 Å². The Balaban J connectivity index is 1.54. The van der Waals surface area contributed by atoms with Crippen molar-refractivity contribution >= 4 is 74.9 Å². The zero-order valence-electron chi connectivity index (χ0n) is 19.9. The topological polar surface area (TPSA) is 91.2 Å². The van der Waals surface area contributed by atoms with E-state index >= 15 is 0 Å². The van der Waals surface area contributed by atoms with Crippen molar-refractivity contribution in [1.29, 1.82) is 0 Å². The Labute approximate surface area is 241 Å². The van der Waals surface area contributed by atoms with E-state index in [0.29, 0.717) is 18.7 Å². The van der Waals surface area contributed by atoms with Crippen LogP contribution in [0.5, 0.6) is 11.5 Å². The lowest BCUT2D eigenvalue weighted by Gasteiger charge is -2.32. The smallest absolute Gasteiger partial charge is 0.487 e. The number of amidine groups is 1. The molecule has 2 amide bonds. The van der Waals surface area contributed by atoms with Gasteiger partial charge in [0.15, 0.2) is 10.9 Å². The van der Waals surface area contributed by atoms with Crippen LogP contribution < -0.4 is 10.1 Å². The van der Waals surface area contributed by atoms with Gasteiger partial charge in [0.05, 0.1) is 15.7 Å². The number of hydrogen-bond donors (Lipinski definition) is 2. The lowest BCUT2D eigenvalue weighted by molar-refractivity contribution is -0.129. The van der Waals surface area contributed by atoms with Crippen molar-refractivity contribution in [3.05, 3.63) is 82.3 Å². The van der Waals surface area contributed by atoms with Crippen LogP contribution in [0.15, 0.2) is 71.7 Å². The molecule has 7 nitrogen and oxygen atoms in total. The van der Waals surface area contributed by atoms with Crippen LogP contribution in [0.25, 0.3) is 0 Å². The van der Waals surface area contributed by atoms with Crippen molar-refractivity contribution in [2.75, 3.05) is 11.9 Å². The predicted octanol–water partition coefficient (Wildman–Crippen LogP) is 7.07. The Kier molecular flexibility index (Phi) is 9.22. The van der Waals surface area contributed by atoms with E-state index in [9.17, 15) is 23.5 Å². The molecular formula is C26H20Cl3F2N3O4S. The van der Waals surface area contributed by atoms with Crippen LogP contribution in [0.1, 0.15) is 12.0 Å². The number of nitrogens with one attached hydrogen (secondary N) is 1. The van der Waals surface area contributed by atoms with E-state index in [2.05, 4.69) is 15.0 Å². The van der Waals surface area contributed by atoms with Gasteiger partial charge in [-0.05, 0) is 48.4 Å². The zero-order chi connectivity index (χ0) is 28.2. The summed E-state index contributed by atoms with van der Waals surface area (Å²) in [5.41, 5.74) is -2.25. The molecule has 39 heavy (non-hydrogen) atoms. The number of thioether (sulfide) groups is 1. The molecule has 13 heteroatoms. The Hall–Kier alpha value is -3.05. The van der Waals surface area contributed by atoms with Crippen molar-refractivity contribution in [3.63, 3.8) is 0 Å². The second kappa shape index (κ2) is 12.4. The molecular weight excluding hydrogens is 595 g/mol. The van der Waals surface area contributed by atoms with Crippen LogP contribution in [0, 0.1) is 0 Å². The third kappa shape index (κ3) is 7.98. The van der Waals surface area contributed by atoms with Gasteiger partial charge in [-0.25, -0.2) is 4.99 Å². The Morgan fingerprint density at radius 3 is 2.38 bits per heavy atom. The van der Waals surface area contributed by atoms with Gasteiger partial charge in [-0.3, -0.25) is 14.5 Å². The van der Waals surface area contributed by atoms with Crippen LogP contribution in [-0.2, 0) is 16.0 Å². The first-order chi connectivity index (χ1) is 18.5. The van der Waals surface area contributed by atoms with Gasteiger partial charge in [0, 0.05) is 30.3 Å². The van der Waals surface area contributed by atoms with E-state index < -0.39 is 16.7 Å². The van der Waals surface area contributed by atoms with Crippen LogP contribution in [0.3, 0.4) is 0 Å². The first-order valence-corrected chi connectivity index (χ1v) is 13.4. The molecule has 1 aliphatic heterocycles. The van der Waals surface area contributed by atoms with Crippen LogP contribution in [0.4, 0.5) is 20.2 Å². The number of rotatable bonds is 8. The molecule has 0 saturated carbocycles. The zero-order valence-corrected chi connectivity index (χ0v) is 23.0. The molecule has 2 N–H and O–H groups in total. The molecule has 0 spiro atoms. The van der Waals surface area contributed by atoms with E-state index in [0.717, 1.165) is 17.3 Å². The largest absolute Gasteiger partial charge is 0.505 e. The predicted molar refractivity (Wildman–Crippen MR) is 150 cm³/mol. The average Bonchev–Trinajstić information content (AvgIpc) is 2.87. The number of benzene rings is 3. The van der Waals surface area contributed by atoms with Crippen molar-refractivity contribution in [3.8, 4) is 11.5 Å². The molecule has 1 saturated heterocycles. The number of halogens is 5. The number of anilines is 1. The quantitative estimate of drug-likeness (QED) is 0.265. The number of aliphatic imine (C=N–C) groups is 1. The Morgan fingerprint density at radius 1 is 1.13 bits per heavy atom. The molecule has 4 rings (SSSR count). The number of phenolic OH excluding ortho intramolecular Hbond substituents is 1. The SMILES string of the molecule is O=C(Nc1ccc(OC(F)(F)Cl)cc1)[C@H]1CC(=O)N(CCc2ccccc2)C(=Nc2cc(Cl)c(O)c(Cl)c2)S1. The van der Waals surface area contributed by atoms with Gasteiger partial charge in [-0.15, -0.1) is 8.78 Å². The molecule has 0 aliphatic carbocycles. The lowest BCUT2D eigenvalue weighted by Crippen LogP contribution is -2.46. The van der Waals surface area contributed by atoms with Gasteiger partial charge in [-0.1, -0.05) is 65.3 Å². The van der Waals surface area contributed by atoms with E-state index in [4.69, 9.17) is 34.8 Å². The number of alkyl halides is 3. The second-order valence-corrected chi connectivity index (χ2v) is 10.7. The molecule has 0 radical (unpaired) electrons. The maximum Gasteiger partial charge on any atom is 0.487 e. The number of phenols is 1. The van der Waals surface area contributed by atoms with E-state index in [1.54, 1.807) is 0 Å². The van der Waals surface area contributed by atoms with E-state index in [1.165, 1.54) is 41.3 Å². The summed E-state index contributed by atoms with van der Waals surface area (Å²) in [7, 11) is 0. The average molecular weight is 615 g/mol. The fourth-order valence-electron chi connectivity index (χ4n) is 3.64. The minimum Gasteiger partial charge on any atom is -0.505 e. The lowest BCUT2D eigenvalue weighted by atomic mass is 10.1. The van der Waals surface area contributed by atoms with E-state index in [-0.39, 0.29) is 44.7 Å². The van der Waals surface area contributed by atoms with Crippen molar-refractivity contribution in [2.45, 2.75) is 23.7 Å². The molecule has 1 atom stereocenters. The molecule has 3 aromatic carbocycles. The summed E-state index contributed by atoms with van der Waals surface area (Å²) in [5, 5.41) is 11.9. The maximum absolute atomic E-state index is 13.2. The van der Waals surface area contributed by atoms with Gasteiger partial charge in [0.1, 0.15) is 11.0 Å².